The second kappa shape index (κ2) is 10.7. The summed E-state index contributed by atoms with van der Waals surface area (Å²) in [5.74, 6) is 0.949. The molecule has 0 aliphatic rings. The van der Waals surface area contributed by atoms with E-state index in [-0.39, 0.29) is 6.04 Å². The lowest BCUT2D eigenvalue weighted by molar-refractivity contribution is 0.300. The first-order valence-corrected chi connectivity index (χ1v) is 8.23. The van der Waals surface area contributed by atoms with Crippen molar-refractivity contribution in [2.24, 2.45) is 5.73 Å². The van der Waals surface area contributed by atoms with Gasteiger partial charge in [0.1, 0.15) is 5.75 Å². The summed E-state index contributed by atoms with van der Waals surface area (Å²) < 4.78 is 5.86. The van der Waals surface area contributed by atoms with E-state index in [0.29, 0.717) is 0 Å². The Bertz CT molecular complexity index is 349. The second-order valence-electron chi connectivity index (χ2n) is 5.65. The zero-order valence-electron chi connectivity index (χ0n) is 13.2. The molecule has 1 aromatic rings. The third-order valence-electron chi connectivity index (χ3n) is 3.67. The fourth-order valence-electron chi connectivity index (χ4n) is 2.41. The van der Waals surface area contributed by atoms with Crippen molar-refractivity contribution < 1.29 is 4.74 Å². The van der Waals surface area contributed by atoms with Crippen LogP contribution in [0.5, 0.6) is 5.75 Å². The maximum absolute atomic E-state index is 5.94. The van der Waals surface area contributed by atoms with Gasteiger partial charge in [0.2, 0.25) is 0 Å². The SMILES string of the molecule is CCCCCCCCCCOc1ccccc1[C@@H](C)N. The molecular weight excluding hydrogens is 246 g/mol. The second-order valence-corrected chi connectivity index (χ2v) is 5.65. The Balaban J connectivity index is 2.10. The third-order valence-corrected chi connectivity index (χ3v) is 3.67. The number of nitrogens with two attached hydrogens (primary N) is 1. The molecule has 1 aromatic carbocycles. The number of benzene rings is 1. The summed E-state index contributed by atoms with van der Waals surface area (Å²) in [7, 11) is 0. The summed E-state index contributed by atoms with van der Waals surface area (Å²) in [6.07, 6.45) is 10.6. The predicted molar refractivity (Wildman–Crippen MR) is 87.1 cm³/mol. The highest BCUT2D eigenvalue weighted by Crippen LogP contribution is 2.23. The Morgan fingerprint density at radius 3 is 2.20 bits per heavy atom. The molecule has 2 N–H and O–H groups in total. The number of hydrogen-bond donors (Lipinski definition) is 1. The molecule has 114 valence electrons. The van der Waals surface area contributed by atoms with Gasteiger partial charge in [-0.15, -0.1) is 0 Å². The van der Waals surface area contributed by atoms with Crippen LogP contribution in [0.4, 0.5) is 0 Å². The number of hydrogen-bond acceptors (Lipinski definition) is 2. The summed E-state index contributed by atoms with van der Waals surface area (Å²) in [4.78, 5) is 0. The van der Waals surface area contributed by atoms with E-state index in [4.69, 9.17) is 10.5 Å². The molecule has 1 atom stereocenters. The Morgan fingerprint density at radius 2 is 1.55 bits per heavy atom. The lowest BCUT2D eigenvalue weighted by Crippen LogP contribution is -2.08. The van der Waals surface area contributed by atoms with Crippen LogP contribution in [0.3, 0.4) is 0 Å². The van der Waals surface area contributed by atoms with Crippen molar-refractivity contribution in [2.45, 2.75) is 71.3 Å². The van der Waals surface area contributed by atoms with Gasteiger partial charge in [-0.05, 0) is 19.4 Å². The first-order chi connectivity index (χ1) is 9.75. The van der Waals surface area contributed by atoms with Crippen LogP contribution in [0.25, 0.3) is 0 Å². The van der Waals surface area contributed by atoms with Crippen molar-refractivity contribution in [1.82, 2.24) is 0 Å². The number of unbranched alkanes of at least 4 members (excludes halogenated alkanes) is 7. The number of ether oxygens (including phenoxy) is 1. The summed E-state index contributed by atoms with van der Waals surface area (Å²) in [5.41, 5.74) is 7.05. The van der Waals surface area contributed by atoms with E-state index in [1.54, 1.807) is 0 Å². The Morgan fingerprint density at radius 1 is 0.950 bits per heavy atom. The maximum Gasteiger partial charge on any atom is 0.124 e. The standard InChI is InChI=1S/C18H31NO/c1-3-4-5-6-7-8-9-12-15-20-18-14-11-10-13-17(18)16(2)19/h10-11,13-14,16H,3-9,12,15,19H2,1-2H3/t16-/m1/s1. The van der Waals surface area contributed by atoms with E-state index >= 15 is 0 Å². The molecule has 0 fully saturated rings. The zero-order chi connectivity index (χ0) is 14.6. The molecule has 0 aliphatic carbocycles. The minimum Gasteiger partial charge on any atom is -0.493 e. The van der Waals surface area contributed by atoms with Crippen LogP contribution in [0, 0.1) is 0 Å². The predicted octanol–water partition coefficient (Wildman–Crippen LogP) is 5.23. The van der Waals surface area contributed by atoms with Crippen LogP contribution in [0.1, 0.15) is 76.8 Å². The van der Waals surface area contributed by atoms with Crippen molar-refractivity contribution in [1.29, 1.82) is 0 Å². The van der Waals surface area contributed by atoms with Crippen molar-refractivity contribution >= 4 is 0 Å². The molecule has 0 amide bonds. The number of para-hydroxylation sites is 1. The lowest BCUT2D eigenvalue weighted by atomic mass is 10.1. The highest BCUT2D eigenvalue weighted by atomic mass is 16.5. The number of rotatable bonds is 11. The quantitative estimate of drug-likeness (QED) is 0.562. The highest BCUT2D eigenvalue weighted by molar-refractivity contribution is 5.35. The van der Waals surface area contributed by atoms with Gasteiger partial charge in [-0.2, -0.15) is 0 Å². The van der Waals surface area contributed by atoms with E-state index in [0.717, 1.165) is 24.3 Å². The summed E-state index contributed by atoms with van der Waals surface area (Å²) in [6.45, 7) is 5.06. The zero-order valence-corrected chi connectivity index (χ0v) is 13.2. The van der Waals surface area contributed by atoms with Crippen LogP contribution in [-0.4, -0.2) is 6.61 Å². The van der Waals surface area contributed by atoms with Crippen LogP contribution in [-0.2, 0) is 0 Å². The van der Waals surface area contributed by atoms with E-state index in [2.05, 4.69) is 6.92 Å². The maximum atomic E-state index is 5.94. The summed E-state index contributed by atoms with van der Waals surface area (Å²) >= 11 is 0. The molecule has 1 rings (SSSR count). The van der Waals surface area contributed by atoms with Gasteiger partial charge in [0.05, 0.1) is 6.61 Å². The molecular formula is C18H31NO. The van der Waals surface area contributed by atoms with Gasteiger partial charge < -0.3 is 10.5 Å². The monoisotopic (exact) mass is 277 g/mol. The average molecular weight is 277 g/mol. The molecule has 0 aromatic heterocycles. The fourth-order valence-corrected chi connectivity index (χ4v) is 2.41. The topological polar surface area (TPSA) is 35.2 Å². The molecule has 20 heavy (non-hydrogen) atoms. The van der Waals surface area contributed by atoms with Gasteiger partial charge in [-0.3, -0.25) is 0 Å². The Labute approximate surface area is 124 Å². The van der Waals surface area contributed by atoms with Gasteiger partial charge in [0, 0.05) is 11.6 Å². The van der Waals surface area contributed by atoms with Gasteiger partial charge in [-0.1, -0.05) is 70.1 Å². The first kappa shape index (κ1) is 17.0. The van der Waals surface area contributed by atoms with Crippen LogP contribution >= 0.6 is 0 Å². The third kappa shape index (κ3) is 6.95. The van der Waals surface area contributed by atoms with E-state index in [9.17, 15) is 0 Å². The van der Waals surface area contributed by atoms with Crippen LogP contribution in [0.2, 0.25) is 0 Å². The lowest BCUT2D eigenvalue weighted by Gasteiger charge is -2.13. The molecule has 0 heterocycles. The van der Waals surface area contributed by atoms with Crippen LogP contribution < -0.4 is 10.5 Å². The highest BCUT2D eigenvalue weighted by Gasteiger charge is 2.06. The minimum atomic E-state index is 0.0322. The molecule has 0 bridgehead atoms. The van der Waals surface area contributed by atoms with Crippen molar-refractivity contribution in [3.05, 3.63) is 29.8 Å². The van der Waals surface area contributed by atoms with E-state index < -0.39 is 0 Å². The Hall–Kier alpha value is -1.02. The molecule has 0 unspecified atom stereocenters. The van der Waals surface area contributed by atoms with Crippen molar-refractivity contribution in [2.75, 3.05) is 6.61 Å². The minimum absolute atomic E-state index is 0.0322. The van der Waals surface area contributed by atoms with Crippen molar-refractivity contribution in [3.63, 3.8) is 0 Å². The smallest absolute Gasteiger partial charge is 0.124 e. The first-order valence-electron chi connectivity index (χ1n) is 8.23. The molecule has 0 radical (unpaired) electrons. The Kier molecular flexibility index (Phi) is 9.14. The van der Waals surface area contributed by atoms with E-state index in [1.807, 2.05) is 31.2 Å². The summed E-state index contributed by atoms with van der Waals surface area (Å²) in [5, 5.41) is 0. The molecule has 2 heteroatoms. The molecule has 0 aliphatic heterocycles. The van der Waals surface area contributed by atoms with Crippen LogP contribution in [0.15, 0.2) is 24.3 Å². The molecule has 0 saturated heterocycles. The average Bonchev–Trinajstić information content (AvgIpc) is 2.46. The van der Waals surface area contributed by atoms with Gasteiger partial charge >= 0.3 is 0 Å². The van der Waals surface area contributed by atoms with E-state index in [1.165, 1.54) is 44.9 Å². The largest absolute Gasteiger partial charge is 0.493 e. The van der Waals surface area contributed by atoms with Gasteiger partial charge in [0.15, 0.2) is 0 Å². The van der Waals surface area contributed by atoms with Gasteiger partial charge in [-0.25, -0.2) is 0 Å². The molecule has 2 nitrogen and oxygen atoms in total. The van der Waals surface area contributed by atoms with Crippen molar-refractivity contribution in [3.8, 4) is 5.75 Å². The fraction of sp³-hybridized carbons (Fsp3) is 0.667. The normalized spacial score (nSPS) is 12.3. The molecule has 0 spiro atoms. The summed E-state index contributed by atoms with van der Waals surface area (Å²) in [6, 6.07) is 8.12. The van der Waals surface area contributed by atoms with Gasteiger partial charge in [0.25, 0.3) is 0 Å². The molecule has 0 saturated carbocycles.